The van der Waals surface area contributed by atoms with E-state index in [0.29, 0.717) is 23.6 Å². The zero-order valence-electron chi connectivity index (χ0n) is 13.6. The first-order valence-electron chi connectivity index (χ1n) is 7.78. The van der Waals surface area contributed by atoms with Gasteiger partial charge < -0.3 is 9.73 Å². The fourth-order valence-corrected chi connectivity index (χ4v) is 2.62. The van der Waals surface area contributed by atoms with Gasteiger partial charge in [0.25, 0.3) is 0 Å². The van der Waals surface area contributed by atoms with Crippen molar-refractivity contribution in [2.45, 2.75) is 19.8 Å². The van der Waals surface area contributed by atoms with Crippen molar-refractivity contribution in [2.75, 3.05) is 5.32 Å². The molecular formula is C19H16BrFN2O2. The van der Waals surface area contributed by atoms with Crippen LogP contribution in [-0.4, -0.2) is 10.9 Å². The minimum atomic E-state index is -0.367. The number of carbonyl (C=O) groups is 1. The predicted molar refractivity (Wildman–Crippen MR) is 97.7 cm³/mol. The minimum Gasteiger partial charge on any atom is -0.441 e. The van der Waals surface area contributed by atoms with Crippen molar-refractivity contribution in [3.8, 4) is 11.3 Å². The van der Waals surface area contributed by atoms with Crippen LogP contribution in [0.2, 0.25) is 0 Å². The molecule has 1 heterocycles. The second-order valence-corrected chi connectivity index (χ2v) is 6.46. The Morgan fingerprint density at radius 1 is 1.28 bits per heavy atom. The molecule has 0 spiro atoms. The zero-order valence-corrected chi connectivity index (χ0v) is 15.1. The molecule has 0 aliphatic carbocycles. The van der Waals surface area contributed by atoms with Crippen LogP contribution in [0.15, 0.2) is 57.6 Å². The van der Waals surface area contributed by atoms with Crippen molar-refractivity contribution in [3.63, 3.8) is 0 Å². The highest BCUT2D eigenvalue weighted by Gasteiger charge is 2.12. The molecule has 6 heteroatoms. The summed E-state index contributed by atoms with van der Waals surface area (Å²) in [5, 5.41) is 2.84. The van der Waals surface area contributed by atoms with Gasteiger partial charge in [-0.3, -0.25) is 4.79 Å². The van der Waals surface area contributed by atoms with Gasteiger partial charge in [-0.05, 0) is 42.8 Å². The molecule has 128 valence electrons. The number of oxazole rings is 1. The van der Waals surface area contributed by atoms with Gasteiger partial charge >= 0.3 is 0 Å². The van der Waals surface area contributed by atoms with Gasteiger partial charge in [0.2, 0.25) is 5.91 Å². The molecule has 0 bridgehead atoms. The number of halogens is 2. The van der Waals surface area contributed by atoms with Crippen molar-refractivity contribution < 1.29 is 13.6 Å². The molecule has 0 unspecified atom stereocenters. The van der Waals surface area contributed by atoms with E-state index in [1.807, 2.05) is 25.1 Å². The summed E-state index contributed by atoms with van der Waals surface area (Å²) < 4.78 is 20.3. The number of aromatic nitrogens is 1. The molecule has 0 aliphatic rings. The second-order valence-electron chi connectivity index (χ2n) is 5.61. The predicted octanol–water partition coefficient (Wildman–Crippen LogP) is 5.12. The Kier molecular flexibility index (Phi) is 5.28. The molecular weight excluding hydrogens is 387 g/mol. The molecule has 0 saturated carbocycles. The largest absolute Gasteiger partial charge is 0.441 e. The molecule has 0 fully saturated rings. The Bertz CT molecular complexity index is 908. The lowest BCUT2D eigenvalue weighted by Gasteiger charge is -2.06. The summed E-state index contributed by atoms with van der Waals surface area (Å²) in [7, 11) is 0. The molecule has 0 atom stereocenters. The van der Waals surface area contributed by atoms with E-state index in [4.69, 9.17) is 4.42 Å². The lowest BCUT2D eigenvalue weighted by molar-refractivity contribution is -0.116. The van der Waals surface area contributed by atoms with Crippen molar-refractivity contribution in [1.29, 1.82) is 0 Å². The first kappa shape index (κ1) is 17.4. The molecule has 3 aromatic rings. The second kappa shape index (κ2) is 7.61. The van der Waals surface area contributed by atoms with E-state index >= 15 is 0 Å². The fraction of sp³-hybridized carbons (Fsp3) is 0.158. The van der Waals surface area contributed by atoms with E-state index < -0.39 is 0 Å². The third kappa shape index (κ3) is 4.33. The minimum absolute atomic E-state index is 0.132. The van der Waals surface area contributed by atoms with Crippen LogP contribution < -0.4 is 5.32 Å². The highest BCUT2D eigenvalue weighted by molar-refractivity contribution is 9.10. The van der Waals surface area contributed by atoms with Crippen LogP contribution in [0, 0.1) is 12.7 Å². The number of carbonyl (C=O) groups excluding carboxylic acids is 1. The highest BCUT2D eigenvalue weighted by Crippen LogP contribution is 2.24. The number of aryl methyl sites for hydroxylation is 2. The van der Waals surface area contributed by atoms with E-state index in [2.05, 4.69) is 26.2 Å². The summed E-state index contributed by atoms with van der Waals surface area (Å²) in [6.07, 6.45) is 2.05. The lowest BCUT2D eigenvalue weighted by Crippen LogP contribution is -2.12. The molecule has 0 radical (unpaired) electrons. The molecule has 3 rings (SSSR count). The number of nitrogens with one attached hydrogen (secondary N) is 1. The van der Waals surface area contributed by atoms with Gasteiger partial charge in [0.05, 0.1) is 11.8 Å². The van der Waals surface area contributed by atoms with Crippen LogP contribution >= 0.6 is 15.9 Å². The normalized spacial score (nSPS) is 10.7. The summed E-state index contributed by atoms with van der Waals surface area (Å²) in [6.45, 7) is 1.96. The third-order valence-electron chi connectivity index (χ3n) is 3.70. The van der Waals surface area contributed by atoms with Gasteiger partial charge in [-0.2, -0.15) is 0 Å². The molecule has 0 saturated heterocycles. The van der Waals surface area contributed by atoms with E-state index in [1.54, 1.807) is 18.2 Å². The number of amides is 1. The smallest absolute Gasteiger partial charge is 0.224 e. The Hall–Kier alpha value is -2.47. The SMILES string of the molecule is Cc1cc(NC(=O)CCc2ncc(-c3ccccc3F)o2)ccc1Br. The first-order valence-corrected chi connectivity index (χ1v) is 8.58. The maximum absolute atomic E-state index is 13.7. The third-order valence-corrected chi connectivity index (χ3v) is 4.59. The number of anilines is 1. The lowest BCUT2D eigenvalue weighted by atomic mass is 10.2. The number of nitrogens with zero attached hydrogens (tertiary/aromatic N) is 1. The topological polar surface area (TPSA) is 55.1 Å². The highest BCUT2D eigenvalue weighted by atomic mass is 79.9. The number of hydrogen-bond donors (Lipinski definition) is 1. The summed E-state index contributed by atoms with van der Waals surface area (Å²) in [5.74, 6) is 0.262. The van der Waals surface area contributed by atoms with Crippen LogP contribution in [-0.2, 0) is 11.2 Å². The fourth-order valence-electron chi connectivity index (χ4n) is 2.38. The first-order chi connectivity index (χ1) is 12.0. The quantitative estimate of drug-likeness (QED) is 0.643. The summed E-state index contributed by atoms with van der Waals surface area (Å²) in [6, 6.07) is 11.9. The van der Waals surface area contributed by atoms with Gasteiger partial charge in [0, 0.05) is 23.0 Å². The summed E-state index contributed by atoms with van der Waals surface area (Å²) in [4.78, 5) is 16.2. The van der Waals surface area contributed by atoms with Crippen LogP contribution in [0.1, 0.15) is 17.9 Å². The van der Waals surface area contributed by atoms with Gasteiger partial charge in [0.1, 0.15) is 5.82 Å². The summed E-state index contributed by atoms with van der Waals surface area (Å²) in [5.41, 5.74) is 2.14. The Morgan fingerprint density at radius 3 is 2.84 bits per heavy atom. The maximum Gasteiger partial charge on any atom is 0.224 e. The molecule has 25 heavy (non-hydrogen) atoms. The van der Waals surface area contributed by atoms with E-state index in [0.717, 1.165) is 15.7 Å². The van der Waals surface area contributed by atoms with E-state index in [1.165, 1.54) is 12.3 Å². The van der Waals surface area contributed by atoms with Crippen LogP contribution in [0.5, 0.6) is 0 Å². The van der Waals surface area contributed by atoms with Crippen molar-refractivity contribution in [1.82, 2.24) is 4.98 Å². The average Bonchev–Trinajstić information content (AvgIpc) is 3.05. The standard InChI is InChI=1S/C19H16BrFN2O2/c1-12-10-13(6-7-15(12)20)23-18(24)8-9-19-22-11-17(25-19)14-4-2-3-5-16(14)21/h2-7,10-11H,8-9H2,1H3,(H,23,24). The van der Waals surface area contributed by atoms with E-state index in [-0.39, 0.29) is 18.1 Å². The molecule has 4 nitrogen and oxygen atoms in total. The molecule has 1 amide bonds. The maximum atomic E-state index is 13.7. The van der Waals surface area contributed by atoms with Gasteiger partial charge in [-0.1, -0.05) is 28.1 Å². The van der Waals surface area contributed by atoms with Gasteiger partial charge in [0.15, 0.2) is 11.7 Å². The van der Waals surface area contributed by atoms with Gasteiger partial charge in [-0.15, -0.1) is 0 Å². The van der Waals surface area contributed by atoms with Gasteiger partial charge in [-0.25, -0.2) is 9.37 Å². The number of benzene rings is 2. The molecule has 1 aromatic heterocycles. The van der Waals surface area contributed by atoms with E-state index in [9.17, 15) is 9.18 Å². The monoisotopic (exact) mass is 402 g/mol. The molecule has 2 aromatic carbocycles. The Labute approximate surface area is 153 Å². The average molecular weight is 403 g/mol. The van der Waals surface area contributed by atoms with Crippen molar-refractivity contribution in [3.05, 3.63) is 70.4 Å². The number of rotatable bonds is 5. The van der Waals surface area contributed by atoms with Crippen molar-refractivity contribution >= 4 is 27.5 Å². The Morgan fingerprint density at radius 2 is 2.08 bits per heavy atom. The van der Waals surface area contributed by atoms with Crippen molar-refractivity contribution in [2.24, 2.45) is 0 Å². The zero-order chi connectivity index (χ0) is 17.8. The van der Waals surface area contributed by atoms with Crippen LogP contribution in [0.4, 0.5) is 10.1 Å². The molecule has 0 aliphatic heterocycles. The van der Waals surface area contributed by atoms with Crippen LogP contribution in [0.25, 0.3) is 11.3 Å². The Balaban J connectivity index is 1.59. The molecule has 1 N–H and O–H groups in total. The summed E-state index contributed by atoms with van der Waals surface area (Å²) >= 11 is 3.42. The number of hydrogen-bond acceptors (Lipinski definition) is 3. The van der Waals surface area contributed by atoms with Crippen LogP contribution in [0.3, 0.4) is 0 Å².